The Balaban J connectivity index is 1.57. The number of rotatable bonds is 7. The lowest BCUT2D eigenvalue weighted by Crippen LogP contribution is -2.50. The van der Waals surface area contributed by atoms with Crippen LogP contribution in [0.1, 0.15) is 12.8 Å². The van der Waals surface area contributed by atoms with Gasteiger partial charge in [0.1, 0.15) is 0 Å². The standard InChI is InChI=1S/C17H21N5O5S/c23-17(7-3-9-20-10-4-8-18-20)19-11-13-21(14-12-19)28(26,27)16-6-2-1-5-15(16)22(24)25/h1-2,4-6,8,10H,3,7,9,11-14H2. The van der Waals surface area contributed by atoms with E-state index < -0.39 is 20.6 Å². The number of benzene rings is 1. The second kappa shape index (κ2) is 8.48. The SMILES string of the molecule is O=C(CCCn1cccn1)N1CCN(S(=O)(=O)c2ccccc2[N+](=O)[O-])CC1. The predicted octanol–water partition coefficient (Wildman–Crippen LogP) is 1.10. The van der Waals surface area contributed by atoms with E-state index in [0.717, 1.165) is 0 Å². The summed E-state index contributed by atoms with van der Waals surface area (Å²) in [7, 11) is -3.99. The van der Waals surface area contributed by atoms with Gasteiger partial charge in [0.2, 0.25) is 15.9 Å². The van der Waals surface area contributed by atoms with Gasteiger partial charge in [-0.3, -0.25) is 19.6 Å². The molecule has 1 aromatic heterocycles. The lowest BCUT2D eigenvalue weighted by molar-refractivity contribution is -0.387. The smallest absolute Gasteiger partial charge is 0.289 e. The molecule has 0 bridgehead atoms. The molecule has 150 valence electrons. The number of aromatic nitrogens is 2. The average Bonchev–Trinajstić information content (AvgIpc) is 3.21. The van der Waals surface area contributed by atoms with E-state index in [9.17, 15) is 23.3 Å². The molecule has 0 unspecified atom stereocenters. The largest absolute Gasteiger partial charge is 0.340 e. The van der Waals surface area contributed by atoms with Gasteiger partial charge >= 0.3 is 0 Å². The van der Waals surface area contributed by atoms with Crippen molar-refractivity contribution in [3.8, 4) is 0 Å². The summed E-state index contributed by atoms with van der Waals surface area (Å²) in [6.07, 6.45) is 4.52. The molecule has 0 saturated carbocycles. The van der Waals surface area contributed by atoms with Crippen LogP contribution in [0.3, 0.4) is 0 Å². The van der Waals surface area contributed by atoms with Crippen molar-refractivity contribution in [3.05, 3.63) is 52.8 Å². The Morgan fingerprint density at radius 3 is 2.50 bits per heavy atom. The van der Waals surface area contributed by atoms with Crippen LogP contribution < -0.4 is 0 Å². The molecule has 28 heavy (non-hydrogen) atoms. The number of nitro groups is 1. The summed E-state index contributed by atoms with van der Waals surface area (Å²) >= 11 is 0. The van der Waals surface area contributed by atoms with E-state index in [1.54, 1.807) is 15.8 Å². The number of amides is 1. The number of nitrogens with zero attached hydrogens (tertiary/aromatic N) is 5. The van der Waals surface area contributed by atoms with E-state index >= 15 is 0 Å². The molecule has 0 atom stereocenters. The number of nitro benzene ring substituents is 1. The third-order valence-corrected chi connectivity index (χ3v) is 6.55. The van der Waals surface area contributed by atoms with Crippen LogP contribution in [0, 0.1) is 10.1 Å². The fraction of sp³-hybridized carbons (Fsp3) is 0.412. The molecule has 1 aromatic carbocycles. The first-order valence-electron chi connectivity index (χ1n) is 8.88. The zero-order chi connectivity index (χ0) is 20.1. The van der Waals surface area contributed by atoms with Crippen molar-refractivity contribution in [1.82, 2.24) is 19.0 Å². The van der Waals surface area contributed by atoms with Crippen LogP contribution in [0.2, 0.25) is 0 Å². The molecular formula is C17H21N5O5S. The minimum Gasteiger partial charge on any atom is -0.340 e. The highest BCUT2D eigenvalue weighted by Gasteiger charge is 2.34. The summed E-state index contributed by atoms with van der Waals surface area (Å²) in [6, 6.07) is 7.11. The van der Waals surface area contributed by atoms with Gasteiger partial charge in [-0.25, -0.2) is 8.42 Å². The lowest BCUT2D eigenvalue weighted by atomic mass is 10.2. The van der Waals surface area contributed by atoms with Crippen LogP contribution in [-0.2, 0) is 21.4 Å². The molecule has 1 aliphatic rings. The van der Waals surface area contributed by atoms with Crippen molar-refractivity contribution in [2.75, 3.05) is 26.2 Å². The minimum atomic E-state index is -3.99. The highest BCUT2D eigenvalue weighted by molar-refractivity contribution is 7.89. The topological polar surface area (TPSA) is 119 Å². The zero-order valence-electron chi connectivity index (χ0n) is 15.2. The molecule has 0 aliphatic carbocycles. The fourth-order valence-corrected chi connectivity index (χ4v) is 4.71. The monoisotopic (exact) mass is 407 g/mol. The molecule has 1 aliphatic heterocycles. The molecule has 0 N–H and O–H groups in total. The number of carbonyl (C=O) groups excluding carboxylic acids is 1. The lowest BCUT2D eigenvalue weighted by Gasteiger charge is -2.34. The minimum absolute atomic E-state index is 0.0325. The van der Waals surface area contributed by atoms with Crippen LogP contribution in [-0.4, -0.2) is 64.4 Å². The van der Waals surface area contributed by atoms with Crippen LogP contribution >= 0.6 is 0 Å². The van der Waals surface area contributed by atoms with Gasteiger partial charge in [-0.05, 0) is 18.6 Å². The summed E-state index contributed by atoms with van der Waals surface area (Å²) in [6.45, 7) is 1.39. The maximum Gasteiger partial charge on any atom is 0.289 e. The van der Waals surface area contributed by atoms with Crippen molar-refractivity contribution in [2.24, 2.45) is 0 Å². The van der Waals surface area contributed by atoms with E-state index in [2.05, 4.69) is 5.10 Å². The van der Waals surface area contributed by atoms with Gasteiger partial charge in [0.15, 0.2) is 4.90 Å². The Labute approximate surface area is 162 Å². The van der Waals surface area contributed by atoms with Crippen molar-refractivity contribution < 1.29 is 18.1 Å². The molecule has 1 amide bonds. The van der Waals surface area contributed by atoms with Crippen LogP contribution in [0.4, 0.5) is 5.69 Å². The summed E-state index contributed by atoms with van der Waals surface area (Å²) in [5.74, 6) is -0.0325. The summed E-state index contributed by atoms with van der Waals surface area (Å²) < 4.78 is 28.6. The first-order valence-corrected chi connectivity index (χ1v) is 10.3. The van der Waals surface area contributed by atoms with Crippen molar-refractivity contribution in [3.63, 3.8) is 0 Å². The predicted molar refractivity (Wildman–Crippen MR) is 99.9 cm³/mol. The molecule has 11 heteroatoms. The van der Waals surface area contributed by atoms with Crippen LogP contribution in [0.5, 0.6) is 0 Å². The number of hydrogen-bond donors (Lipinski definition) is 0. The normalized spacial score (nSPS) is 15.5. The summed E-state index contributed by atoms with van der Waals surface area (Å²) in [5, 5.41) is 15.2. The molecular weight excluding hydrogens is 386 g/mol. The first-order chi connectivity index (χ1) is 13.4. The Morgan fingerprint density at radius 2 is 1.86 bits per heavy atom. The van der Waals surface area contributed by atoms with E-state index in [1.807, 2.05) is 12.3 Å². The molecule has 1 fully saturated rings. The average molecular weight is 407 g/mol. The molecule has 10 nitrogen and oxygen atoms in total. The number of para-hydroxylation sites is 1. The van der Waals surface area contributed by atoms with Gasteiger partial charge < -0.3 is 4.90 Å². The maximum atomic E-state index is 12.8. The van der Waals surface area contributed by atoms with Crippen LogP contribution in [0.25, 0.3) is 0 Å². The van der Waals surface area contributed by atoms with E-state index in [4.69, 9.17) is 0 Å². The number of hydrogen-bond acceptors (Lipinski definition) is 6. The van der Waals surface area contributed by atoms with Gasteiger partial charge in [-0.2, -0.15) is 9.40 Å². The molecule has 2 aromatic rings. The Bertz CT molecular complexity index is 937. The fourth-order valence-electron chi connectivity index (χ4n) is 3.13. The van der Waals surface area contributed by atoms with Gasteiger partial charge in [0, 0.05) is 57.6 Å². The molecule has 2 heterocycles. The highest BCUT2D eigenvalue weighted by Crippen LogP contribution is 2.27. The summed E-state index contributed by atoms with van der Waals surface area (Å²) in [5.41, 5.74) is -0.445. The molecule has 0 radical (unpaired) electrons. The second-order valence-corrected chi connectivity index (χ2v) is 8.29. The first kappa shape index (κ1) is 20.0. The van der Waals surface area contributed by atoms with Crippen molar-refractivity contribution in [1.29, 1.82) is 0 Å². The third kappa shape index (κ3) is 4.37. The molecule has 1 saturated heterocycles. The van der Waals surface area contributed by atoms with E-state index in [1.165, 1.54) is 28.6 Å². The molecule has 3 rings (SSSR count). The Hall–Kier alpha value is -2.79. The summed E-state index contributed by atoms with van der Waals surface area (Å²) in [4.78, 5) is 24.1. The second-order valence-electron chi connectivity index (χ2n) is 6.38. The Kier molecular flexibility index (Phi) is 6.05. The van der Waals surface area contributed by atoms with Gasteiger partial charge in [0.05, 0.1) is 4.92 Å². The van der Waals surface area contributed by atoms with Gasteiger partial charge in [-0.15, -0.1) is 0 Å². The number of aryl methyl sites for hydroxylation is 1. The number of sulfonamides is 1. The van der Waals surface area contributed by atoms with Crippen molar-refractivity contribution >= 4 is 21.6 Å². The van der Waals surface area contributed by atoms with Gasteiger partial charge in [-0.1, -0.05) is 12.1 Å². The number of carbonyl (C=O) groups is 1. The van der Waals surface area contributed by atoms with Crippen molar-refractivity contribution in [2.45, 2.75) is 24.3 Å². The zero-order valence-corrected chi connectivity index (χ0v) is 16.0. The maximum absolute atomic E-state index is 12.8. The third-order valence-electron chi connectivity index (χ3n) is 4.61. The quantitative estimate of drug-likeness (QED) is 0.501. The highest BCUT2D eigenvalue weighted by atomic mass is 32.2. The van der Waals surface area contributed by atoms with Crippen LogP contribution in [0.15, 0.2) is 47.6 Å². The van der Waals surface area contributed by atoms with E-state index in [-0.39, 0.29) is 37.0 Å². The van der Waals surface area contributed by atoms with E-state index in [0.29, 0.717) is 19.4 Å². The van der Waals surface area contributed by atoms with Gasteiger partial charge in [0.25, 0.3) is 5.69 Å². The molecule has 0 spiro atoms. The number of piperazine rings is 1. The Morgan fingerprint density at radius 1 is 1.14 bits per heavy atom.